The van der Waals surface area contributed by atoms with Gasteiger partial charge in [0.05, 0.1) is 17.1 Å². The fourth-order valence-electron chi connectivity index (χ4n) is 6.23. The molecule has 190 valence electrons. The SMILES string of the molecule is O=C(c1cccc(N2Cc3cccc(Cl)c3C2=O)c1)N1CCC(C2CCN(c3ccccn3)CC2)CC1. The maximum atomic E-state index is 13.4. The molecule has 1 aromatic heterocycles. The minimum absolute atomic E-state index is 0.0486. The number of carbonyl (C=O) groups excluding carboxylic acids is 2. The fourth-order valence-corrected chi connectivity index (χ4v) is 6.50. The van der Waals surface area contributed by atoms with Crippen molar-refractivity contribution < 1.29 is 9.59 Å². The quantitative estimate of drug-likeness (QED) is 0.450. The number of fused-ring (bicyclic) bond motifs is 1. The molecule has 6 rings (SSSR count). The van der Waals surface area contributed by atoms with E-state index in [1.54, 1.807) is 11.0 Å². The molecular weight excluding hydrogens is 484 g/mol. The molecule has 0 bridgehead atoms. The number of aromatic nitrogens is 1. The number of piperidine rings is 2. The van der Waals surface area contributed by atoms with Crippen molar-refractivity contribution >= 4 is 34.9 Å². The first-order valence-corrected chi connectivity index (χ1v) is 13.6. The molecule has 6 nitrogen and oxygen atoms in total. The van der Waals surface area contributed by atoms with Crippen LogP contribution in [0.4, 0.5) is 11.5 Å². The number of amides is 2. The van der Waals surface area contributed by atoms with Crippen LogP contribution in [0, 0.1) is 11.8 Å². The number of likely N-dealkylation sites (tertiary alicyclic amines) is 1. The van der Waals surface area contributed by atoms with Crippen LogP contribution in [0.1, 0.15) is 52.0 Å². The lowest BCUT2D eigenvalue weighted by atomic mass is 9.78. The largest absolute Gasteiger partial charge is 0.357 e. The van der Waals surface area contributed by atoms with Gasteiger partial charge in [0, 0.05) is 43.6 Å². The molecule has 2 amide bonds. The second kappa shape index (κ2) is 10.2. The van der Waals surface area contributed by atoms with Crippen molar-refractivity contribution in [3.05, 3.63) is 88.6 Å². The lowest BCUT2D eigenvalue weighted by molar-refractivity contribution is 0.0645. The van der Waals surface area contributed by atoms with Gasteiger partial charge >= 0.3 is 0 Å². The molecule has 0 radical (unpaired) electrons. The molecule has 3 aromatic rings. The first kappa shape index (κ1) is 24.0. The Hall–Kier alpha value is -3.38. The van der Waals surface area contributed by atoms with Gasteiger partial charge in [0.2, 0.25) is 0 Å². The van der Waals surface area contributed by atoms with Crippen molar-refractivity contribution in [3.63, 3.8) is 0 Å². The van der Waals surface area contributed by atoms with Crippen molar-refractivity contribution in [2.24, 2.45) is 11.8 Å². The number of nitrogens with zero attached hydrogens (tertiary/aromatic N) is 4. The number of hydrogen-bond donors (Lipinski definition) is 0. The summed E-state index contributed by atoms with van der Waals surface area (Å²) in [5.41, 5.74) is 2.85. The molecule has 7 heteroatoms. The van der Waals surface area contributed by atoms with E-state index in [0.717, 1.165) is 62.0 Å². The molecule has 3 aliphatic rings. The van der Waals surface area contributed by atoms with E-state index < -0.39 is 0 Å². The lowest BCUT2D eigenvalue weighted by Gasteiger charge is -2.40. The van der Waals surface area contributed by atoms with E-state index in [4.69, 9.17) is 11.6 Å². The Bertz CT molecular complexity index is 1300. The van der Waals surface area contributed by atoms with E-state index in [-0.39, 0.29) is 11.8 Å². The van der Waals surface area contributed by atoms with Gasteiger partial charge in [-0.1, -0.05) is 35.9 Å². The van der Waals surface area contributed by atoms with Crippen LogP contribution in [0.3, 0.4) is 0 Å². The third kappa shape index (κ3) is 4.71. The zero-order valence-electron chi connectivity index (χ0n) is 20.9. The van der Waals surface area contributed by atoms with E-state index in [0.29, 0.717) is 28.6 Å². The normalized spacial score (nSPS) is 18.8. The Morgan fingerprint density at radius 3 is 2.30 bits per heavy atom. The van der Waals surface area contributed by atoms with Crippen molar-refractivity contribution in [2.45, 2.75) is 32.2 Å². The molecule has 3 aliphatic heterocycles. The average molecular weight is 515 g/mol. The van der Waals surface area contributed by atoms with Crippen molar-refractivity contribution in [3.8, 4) is 0 Å². The van der Waals surface area contributed by atoms with Crippen molar-refractivity contribution in [1.29, 1.82) is 0 Å². The molecule has 4 heterocycles. The first-order chi connectivity index (χ1) is 18.1. The Morgan fingerprint density at radius 2 is 1.59 bits per heavy atom. The van der Waals surface area contributed by atoms with Crippen LogP contribution >= 0.6 is 11.6 Å². The summed E-state index contributed by atoms with van der Waals surface area (Å²) in [7, 11) is 0. The van der Waals surface area contributed by atoms with E-state index in [2.05, 4.69) is 22.0 Å². The summed E-state index contributed by atoms with van der Waals surface area (Å²) in [6.07, 6.45) is 6.35. The van der Waals surface area contributed by atoms with Crippen LogP contribution < -0.4 is 9.80 Å². The van der Waals surface area contributed by atoms with Gasteiger partial charge in [0.15, 0.2) is 0 Å². The summed E-state index contributed by atoms with van der Waals surface area (Å²) in [5, 5.41) is 0.475. The number of halogens is 1. The second-order valence-electron chi connectivity index (χ2n) is 10.4. The van der Waals surface area contributed by atoms with Gasteiger partial charge < -0.3 is 14.7 Å². The van der Waals surface area contributed by atoms with Gasteiger partial charge in [-0.3, -0.25) is 9.59 Å². The number of benzene rings is 2. The maximum absolute atomic E-state index is 13.4. The Labute approximate surface area is 222 Å². The summed E-state index contributed by atoms with van der Waals surface area (Å²) in [5.74, 6) is 2.40. The van der Waals surface area contributed by atoms with E-state index in [1.165, 1.54) is 12.8 Å². The van der Waals surface area contributed by atoms with Gasteiger partial charge in [0.1, 0.15) is 5.82 Å². The summed E-state index contributed by atoms with van der Waals surface area (Å²) in [6, 6.07) is 19.1. The van der Waals surface area contributed by atoms with Crippen LogP contribution in [0.25, 0.3) is 0 Å². The maximum Gasteiger partial charge on any atom is 0.260 e. The molecule has 0 spiro atoms. The molecule has 2 saturated heterocycles. The standard InChI is InChI=1S/C30H31ClN4O2/c31-26-8-4-6-24-20-35(30(37)28(24)26)25-7-3-5-23(19-25)29(36)34-17-12-22(13-18-34)21-10-15-33(16-11-21)27-9-1-2-14-32-27/h1-9,14,19,21-22H,10-13,15-18,20H2. The first-order valence-electron chi connectivity index (χ1n) is 13.2. The highest BCUT2D eigenvalue weighted by molar-refractivity contribution is 6.35. The number of rotatable bonds is 4. The van der Waals surface area contributed by atoms with Crippen LogP contribution in [-0.2, 0) is 6.54 Å². The number of pyridine rings is 1. The number of carbonyl (C=O) groups is 2. The van der Waals surface area contributed by atoms with Gasteiger partial charge in [-0.15, -0.1) is 0 Å². The highest BCUT2D eigenvalue weighted by atomic mass is 35.5. The van der Waals surface area contributed by atoms with Gasteiger partial charge in [-0.2, -0.15) is 0 Å². The van der Waals surface area contributed by atoms with Gasteiger partial charge in [-0.05, 0) is 79.5 Å². The minimum Gasteiger partial charge on any atom is -0.357 e. The molecule has 0 atom stereocenters. The molecule has 0 saturated carbocycles. The minimum atomic E-state index is -0.111. The van der Waals surface area contributed by atoms with Crippen LogP contribution in [0.2, 0.25) is 5.02 Å². The Kier molecular flexibility index (Phi) is 6.59. The molecule has 0 aliphatic carbocycles. The fraction of sp³-hybridized carbons (Fsp3) is 0.367. The summed E-state index contributed by atoms with van der Waals surface area (Å²) in [6.45, 7) is 4.16. The van der Waals surface area contributed by atoms with Crippen LogP contribution in [-0.4, -0.2) is 47.9 Å². The third-order valence-electron chi connectivity index (χ3n) is 8.30. The molecule has 0 N–H and O–H groups in total. The summed E-state index contributed by atoms with van der Waals surface area (Å²) >= 11 is 6.29. The molecule has 2 fully saturated rings. The Morgan fingerprint density at radius 1 is 0.865 bits per heavy atom. The van der Waals surface area contributed by atoms with Crippen molar-refractivity contribution in [1.82, 2.24) is 9.88 Å². The molecule has 0 unspecified atom stereocenters. The predicted octanol–water partition coefficient (Wildman–Crippen LogP) is 5.66. The molecule has 37 heavy (non-hydrogen) atoms. The highest BCUT2D eigenvalue weighted by Gasteiger charge is 2.33. The average Bonchev–Trinajstić information content (AvgIpc) is 3.31. The van der Waals surface area contributed by atoms with Crippen molar-refractivity contribution in [2.75, 3.05) is 36.0 Å². The lowest BCUT2D eigenvalue weighted by Crippen LogP contribution is -2.43. The monoisotopic (exact) mass is 514 g/mol. The predicted molar refractivity (Wildman–Crippen MR) is 146 cm³/mol. The second-order valence-corrected chi connectivity index (χ2v) is 10.8. The third-order valence-corrected chi connectivity index (χ3v) is 8.61. The molecule has 2 aromatic carbocycles. The number of hydrogen-bond acceptors (Lipinski definition) is 4. The van der Waals surface area contributed by atoms with E-state index in [9.17, 15) is 9.59 Å². The smallest absolute Gasteiger partial charge is 0.260 e. The van der Waals surface area contributed by atoms with Crippen LogP contribution in [0.5, 0.6) is 0 Å². The summed E-state index contributed by atoms with van der Waals surface area (Å²) < 4.78 is 0. The zero-order valence-corrected chi connectivity index (χ0v) is 21.6. The van der Waals surface area contributed by atoms with Crippen LogP contribution in [0.15, 0.2) is 66.9 Å². The highest BCUT2D eigenvalue weighted by Crippen LogP contribution is 2.35. The van der Waals surface area contributed by atoms with E-state index >= 15 is 0 Å². The Balaban J connectivity index is 1.06. The number of anilines is 2. The molecular formula is C30H31ClN4O2. The zero-order chi connectivity index (χ0) is 25.4. The summed E-state index contributed by atoms with van der Waals surface area (Å²) in [4.78, 5) is 37.0. The van der Waals surface area contributed by atoms with Gasteiger partial charge in [-0.25, -0.2) is 4.98 Å². The topological polar surface area (TPSA) is 56.8 Å². The van der Waals surface area contributed by atoms with Gasteiger partial charge in [0.25, 0.3) is 11.8 Å². The van der Waals surface area contributed by atoms with E-state index in [1.807, 2.05) is 53.6 Å².